The number of carbonyl (C=O) groups is 1. The standard InChI is InChI=1S/C19H19N3O4S2/c1-12-5-4-6-14(11-12)21-18(23)17-13(2)20-19(27-17)22-28(24,25)16-9-7-15(26-3)8-10-16/h4-11H,1-3H3,(H,20,22)(H,21,23). The van der Waals surface area contributed by atoms with E-state index in [4.69, 9.17) is 4.74 Å². The van der Waals surface area contributed by atoms with Crippen LogP contribution in [-0.2, 0) is 10.0 Å². The number of hydrogen-bond acceptors (Lipinski definition) is 6. The summed E-state index contributed by atoms with van der Waals surface area (Å²) in [5, 5.41) is 2.93. The first-order valence-corrected chi connectivity index (χ1v) is 10.6. The van der Waals surface area contributed by atoms with Gasteiger partial charge in [-0.15, -0.1) is 0 Å². The summed E-state index contributed by atoms with van der Waals surface area (Å²) in [7, 11) is -2.32. The number of nitrogens with one attached hydrogen (secondary N) is 2. The van der Waals surface area contributed by atoms with Gasteiger partial charge in [-0.2, -0.15) is 0 Å². The molecule has 3 rings (SSSR count). The van der Waals surface area contributed by atoms with Gasteiger partial charge < -0.3 is 10.1 Å². The summed E-state index contributed by atoms with van der Waals surface area (Å²) >= 11 is 0.982. The molecule has 3 aromatic rings. The molecule has 0 atom stereocenters. The number of carbonyl (C=O) groups excluding carboxylic acids is 1. The predicted molar refractivity (Wildman–Crippen MR) is 110 cm³/mol. The zero-order chi connectivity index (χ0) is 20.3. The molecule has 28 heavy (non-hydrogen) atoms. The second-order valence-corrected chi connectivity index (χ2v) is 8.72. The number of hydrogen-bond donors (Lipinski definition) is 2. The first-order chi connectivity index (χ1) is 13.3. The van der Waals surface area contributed by atoms with Gasteiger partial charge in [0.25, 0.3) is 15.9 Å². The molecule has 0 saturated heterocycles. The van der Waals surface area contributed by atoms with Crippen molar-refractivity contribution in [3.05, 3.63) is 64.7 Å². The van der Waals surface area contributed by atoms with E-state index in [2.05, 4.69) is 15.0 Å². The van der Waals surface area contributed by atoms with Crippen LogP contribution >= 0.6 is 11.3 Å². The van der Waals surface area contributed by atoms with Crippen molar-refractivity contribution in [3.8, 4) is 5.75 Å². The van der Waals surface area contributed by atoms with E-state index in [1.54, 1.807) is 25.1 Å². The van der Waals surface area contributed by atoms with Crippen LogP contribution in [0.5, 0.6) is 5.75 Å². The molecule has 7 nitrogen and oxygen atoms in total. The molecule has 0 radical (unpaired) electrons. The van der Waals surface area contributed by atoms with Crippen LogP contribution in [0.1, 0.15) is 20.9 Å². The van der Waals surface area contributed by atoms with Gasteiger partial charge in [0, 0.05) is 5.69 Å². The summed E-state index contributed by atoms with van der Waals surface area (Å²) in [4.78, 5) is 17.1. The summed E-state index contributed by atoms with van der Waals surface area (Å²) in [6.07, 6.45) is 0. The number of amides is 1. The zero-order valence-electron chi connectivity index (χ0n) is 15.5. The Hall–Kier alpha value is -2.91. The van der Waals surface area contributed by atoms with Gasteiger partial charge in [0.1, 0.15) is 10.6 Å². The highest BCUT2D eigenvalue weighted by molar-refractivity contribution is 7.93. The molecule has 1 amide bonds. The molecule has 0 fully saturated rings. The van der Waals surface area contributed by atoms with Gasteiger partial charge in [-0.1, -0.05) is 23.5 Å². The van der Waals surface area contributed by atoms with E-state index in [-0.39, 0.29) is 15.9 Å². The van der Waals surface area contributed by atoms with Crippen LogP contribution in [0.4, 0.5) is 10.8 Å². The van der Waals surface area contributed by atoms with Crippen LogP contribution in [0.25, 0.3) is 0 Å². The molecular weight excluding hydrogens is 398 g/mol. The lowest BCUT2D eigenvalue weighted by Gasteiger charge is -2.06. The number of aryl methyl sites for hydroxylation is 2. The average molecular weight is 418 g/mol. The molecule has 0 bridgehead atoms. The fraction of sp³-hybridized carbons (Fsp3) is 0.158. The maximum absolute atomic E-state index is 12.5. The number of nitrogens with zero attached hydrogens (tertiary/aromatic N) is 1. The highest BCUT2D eigenvalue weighted by atomic mass is 32.2. The van der Waals surface area contributed by atoms with Crippen molar-refractivity contribution < 1.29 is 17.9 Å². The maximum Gasteiger partial charge on any atom is 0.267 e. The average Bonchev–Trinajstić information content (AvgIpc) is 3.01. The molecule has 0 aliphatic rings. The van der Waals surface area contributed by atoms with Crippen LogP contribution in [0.3, 0.4) is 0 Å². The van der Waals surface area contributed by atoms with Gasteiger partial charge >= 0.3 is 0 Å². The lowest BCUT2D eigenvalue weighted by atomic mass is 10.2. The van der Waals surface area contributed by atoms with Gasteiger partial charge in [-0.05, 0) is 55.8 Å². The second-order valence-electron chi connectivity index (χ2n) is 6.04. The Morgan fingerprint density at radius 2 is 1.82 bits per heavy atom. The minimum Gasteiger partial charge on any atom is -0.497 e. The van der Waals surface area contributed by atoms with Gasteiger partial charge in [0.05, 0.1) is 17.7 Å². The summed E-state index contributed by atoms with van der Waals surface area (Å²) < 4.78 is 32.5. The third-order valence-corrected chi connectivity index (χ3v) is 6.43. The number of rotatable bonds is 6. The predicted octanol–water partition coefficient (Wildman–Crippen LogP) is 3.82. The van der Waals surface area contributed by atoms with E-state index >= 15 is 0 Å². The molecule has 146 valence electrons. The lowest BCUT2D eigenvalue weighted by molar-refractivity contribution is 0.103. The van der Waals surface area contributed by atoms with Gasteiger partial charge in [-0.3, -0.25) is 9.52 Å². The molecule has 1 heterocycles. The monoisotopic (exact) mass is 417 g/mol. The fourth-order valence-electron chi connectivity index (χ4n) is 2.49. The van der Waals surface area contributed by atoms with E-state index in [1.807, 2.05) is 25.1 Å². The molecule has 0 aliphatic carbocycles. The number of benzene rings is 2. The van der Waals surface area contributed by atoms with Crippen molar-refractivity contribution in [3.63, 3.8) is 0 Å². The number of aromatic nitrogens is 1. The second kappa shape index (κ2) is 7.99. The van der Waals surface area contributed by atoms with Crippen molar-refractivity contribution in [1.82, 2.24) is 4.98 Å². The van der Waals surface area contributed by atoms with Crippen molar-refractivity contribution in [2.24, 2.45) is 0 Å². The number of ether oxygens (including phenoxy) is 1. The van der Waals surface area contributed by atoms with Gasteiger partial charge in [-0.25, -0.2) is 13.4 Å². The Bertz CT molecular complexity index is 1110. The van der Waals surface area contributed by atoms with Crippen molar-refractivity contribution in [2.45, 2.75) is 18.7 Å². The zero-order valence-corrected chi connectivity index (χ0v) is 17.1. The normalized spacial score (nSPS) is 11.1. The minimum absolute atomic E-state index is 0.0758. The summed E-state index contributed by atoms with van der Waals surface area (Å²) in [5.74, 6) is 0.217. The van der Waals surface area contributed by atoms with E-state index in [1.165, 1.54) is 19.2 Å². The highest BCUT2D eigenvalue weighted by Crippen LogP contribution is 2.26. The molecule has 0 saturated carbocycles. The molecule has 2 N–H and O–H groups in total. The Morgan fingerprint density at radius 1 is 1.11 bits per heavy atom. The van der Waals surface area contributed by atoms with Crippen molar-refractivity contribution >= 4 is 38.1 Å². The minimum atomic E-state index is -3.82. The van der Waals surface area contributed by atoms with Crippen molar-refractivity contribution in [1.29, 1.82) is 0 Å². The van der Waals surface area contributed by atoms with E-state index in [0.717, 1.165) is 16.9 Å². The molecule has 1 aromatic heterocycles. The van der Waals surface area contributed by atoms with E-state index < -0.39 is 10.0 Å². The van der Waals surface area contributed by atoms with E-state index in [9.17, 15) is 13.2 Å². The van der Waals surface area contributed by atoms with Crippen LogP contribution in [0, 0.1) is 13.8 Å². The number of thiazole rings is 1. The molecule has 0 unspecified atom stereocenters. The first-order valence-electron chi connectivity index (χ1n) is 8.31. The molecule has 0 spiro atoms. The molecule has 0 aliphatic heterocycles. The number of methoxy groups -OCH3 is 1. The quantitative estimate of drug-likeness (QED) is 0.635. The smallest absolute Gasteiger partial charge is 0.267 e. The highest BCUT2D eigenvalue weighted by Gasteiger charge is 2.20. The van der Waals surface area contributed by atoms with Gasteiger partial charge in [0.2, 0.25) is 0 Å². The van der Waals surface area contributed by atoms with Gasteiger partial charge in [0.15, 0.2) is 5.13 Å². The van der Waals surface area contributed by atoms with Crippen LogP contribution in [-0.4, -0.2) is 26.4 Å². The van der Waals surface area contributed by atoms with Crippen LogP contribution < -0.4 is 14.8 Å². The third kappa shape index (κ3) is 4.49. The number of sulfonamides is 1. The van der Waals surface area contributed by atoms with Crippen molar-refractivity contribution in [2.75, 3.05) is 17.1 Å². The Labute approximate surface area is 167 Å². The first kappa shape index (κ1) is 19.8. The Balaban J connectivity index is 1.78. The van der Waals surface area contributed by atoms with Crippen LogP contribution in [0.2, 0.25) is 0 Å². The number of anilines is 2. The van der Waals surface area contributed by atoms with E-state index in [0.29, 0.717) is 22.0 Å². The lowest BCUT2D eigenvalue weighted by Crippen LogP contribution is -2.12. The Morgan fingerprint density at radius 3 is 2.46 bits per heavy atom. The fourth-order valence-corrected chi connectivity index (χ4v) is 4.59. The largest absolute Gasteiger partial charge is 0.497 e. The third-order valence-electron chi connectivity index (χ3n) is 3.87. The SMILES string of the molecule is COc1ccc(S(=O)(=O)Nc2nc(C)c(C(=O)Nc3cccc(C)c3)s2)cc1. The summed E-state index contributed by atoms with van der Waals surface area (Å²) in [6, 6.07) is 13.4. The Kier molecular flexibility index (Phi) is 5.66. The molecule has 9 heteroatoms. The topological polar surface area (TPSA) is 97.4 Å². The molecule has 2 aromatic carbocycles. The molecular formula is C19H19N3O4S2. The summed E-state index contributed by atoms with van der Waals surface area (Å²) in [6.45, 7) is 3.59. The maximum atomic E-state index is 12.5. The van der Waals surface area contributed by atoms with Crippen LogP contribution in [0.15, 0.2) is 53.4 Å². The summed E-state index contributed by atoms with van der Waals surface area (Å²) in [5.41, 5.74) is 2.13.